The zero-order chi connectivity index (χ0) is 16.6. The topological polar surface area (TPSA) is 101 Å². The number of carboxylic acids is 2. The van der Waals surface area contributed by atoms with Gasteiger partial charge in [0.2, 0.25) is 0 Å². The van der Waals surface area contributed by atoms with E-state index < -0.39 is 29.0 Å². The average Bonchev–Trinajstić information content (AvgIpc) is 2.82. The maximum Gasteiger partial charge on any atom is 0.344 e. The van der Waals surface area contributed by atoms with Crippen molar-refractivity contribution in [1.29, 1.82) is 0 Å². The fraction of sp³-hybridized carbons (Fsp3) is 0. The molecule has 0 saturated heterocycles. The number of hydrogen-bond acceptors (Lipinski definition) is 4. The minimum Gasteiger partial charge on any atom is -0.478 e. The minimum atomic E-state index is -1.42. The van der Waals surface area contributed by atoms with Gasteiger partial charge in [-0.05, 0) is 23.8 Å². The van der Waals surface area contributed by atoms with Crippen molar-refractivity contribution >= 4 is 29.7 Å². The first-order chi connectivity index (χ1) is 11.0. The van der Waals surface area contributed by atoms with Crippen LogP contribution in [0.1, 0.15) is 42.2 Å². The number of benzene rings is 2. The smallest absolute Gasteiger partial charge is 0.344 e. The highest BCUT2D eigenvalue weighted by atomic mass is 16.5. The molecule has 1 heterocycles. The van der Waals surface area contributed by atoms with Crippen LogP contribution in [-0.4, -0.2) is 28.1 Å². The number of aromatic carboxylic acids is 2. The molecule has 0 unspecified atom stereocenters. The van der Waals surface area contributed by atoms with Crippen LogP contribution < -0.4 is 0 Å². The molecule has 2 N–H and O–H groups in total. The molecule has 0 amide bonds. The molecule has 0 radical (unpaired) electrons. The Bertz CT molecular complexity index is 864. The predicted molar refractivity (Wildman–Crippen MR) is 80.1 cm³/mol. The fourth-order valence-corrected chi connectivity index (χ4v) is 2.34. The van der Waals surface area contributed by atoms with Crippen molar-refractivity contribution in [3.05, 3.63) is 70.3 Å². The van der Waals surface area contributed by atoms with Gasteiger partial charge < -0.3 is 14.9 Å². The highest BCUT2D eigenvalue weighted by Crippen LogP contribution is 2.33. The second-order valence-corrected chi connectivity index (χ2v) is 4.86. The standard InChI is InChI=1S/C17H10O6/c18-15(19)11-7-10-13(8-12(11)16(20)21)17(22)23-14(10)6-9-4-2-1-3-5-9/h1-8H,(H,18,19)(H,20,21)/b14-6-. The molecule has 2 aromatic carbocycles. The number of fused-ring (bicyclic) bond motifs is 1. The van der Waals surface area contributed by atoms with Crippen LogP contribution in [0, 0.1) is 0 Å². The lowest BCUT2D eigenvalue weighted by Gasteiger charge is -2.04. The predicted octanol–water partition coefficient (Wildman–Crippen LogP) is 2.75. The molecule has 0 aromatic heterocycles. The van der Waals surface area contributed by atoms with E-state index in [4.69, 9.17) is 9.84 Å². The van der Waals surface area contributed by atoms with Gasteiger partial charge in [-0.3, -0.25) is 0 Å². The number of hydrogen-bond donors (Lipinski definition) is 2. The molecule has 0 spiro atoms. The van der Waals surface area contributed by atoms with Crippen LogP contribution >= 0.6 is 0 Å². The second kappa shape index (κ2) is 5.42. The number of cyclic esters (lactones) is 1. The van der Waals surface area contributed by atoms with Gasteiger partial charge in [-0.1, -0.05) is 30.3 Å². The molecular weight excluding hydrogens is 300 g/mol. The molecular formula is C17H10O6. The first-order valence-electron chi connectivity index (χ1n) is 6.61. The number of carbonyl (C=O) groups is 3. The summed E-state index contributed by atoms with van der Waals surface area (Å²) in [6, 6.07) is 11.2. The number of carboxylic acid groups (broad SMARTS) is 2. The number of esters is 1. The van der Waals surface area contributed by atoms with Gasteiger partial charge in [0.05, 0.1) is 16.7 Å². The van der Waals surface area contributed by atoms with E-state index in [1.807, 2.05) is 6.07 Å². The largest absolute Gasteiger partial charge is 0.478 e. The molecule has 23 heavy (non-hydrogen) atoms. The van der Waals surface area contributed by atoms with Gasteiger partial charge in [-0.2, -0.15) is 0 Å². The van der Waals surface area contributed by atoms with Crippen molar-refractivity contribution in [3.63, 3.8) is 0 Å². The molecule has 0 atom stereocenters. The molecule has 6 nitrogen and oxygen atoms in total. The monoisotopic (exact) mass is 310 g/mol. The Balaban J connectivity index is 2.19. The molecule has 0 aliphatic carbocycles. The molecule has 6 heteroatoms. The summed E-state index contributed by atoms with van der Waals surface area (Å²) in [5, 5.41) is 18.3. The summed E-state index contributed by atoms with van der Waals surface area (Å²) in [6.45, 7) is 0. The Morgan fingerprint density at radius 2 is 1.48 bits per heavy atom. The molecule has 0 saturated carbocycles. The van der Waals surface area contributed by atoms with Crippen molar-refractivity contribution in [1.82, 2.24) is 0 Å². The highest BCUT2D eigenvalue weighted by molar-refractivity contribution is 6.10. The van der Waals surface area contributed by atoms with Crippen LogP contribution in [0.3, 0.4) is 0 Å². The highest BCUT2D eigenvalue weighted by Gasteiger charge is 2.31. The summed E-state index contributed by atoms with van der Waals surface area (Å²) in [4.78, 5) is 34.4. The van der Waals surface area contributed by atoms with Crippen LogP contribution in [0.25, 0.3) is 11.8 Å². The molecule has 3 rings (SSSR count). The lowest BCUT2D eigenvalue weighted by molar-refractivity contribution is 0.0651. The minimum absolute atomic E-state index is 0.0366. The quantitative estimate of drug-likeness (QED) is 0.845. The van der Waals surface area contributed by atoms with Gasteiger partial charge in [0.1, 0.15) is 5.76 Å². The second-order valence-electron chi connectivity index (χ2n) is 4.86. The Hall–Kier alpha value is -3.41. The van der Waals surface area contributed by atoms with Crippen LogP contribution in [0.5, 0.6) is 0 Å². The van der Waals surface area contributed by atoms with Gasteiger partial charge >= 0.3 is 17.9 Å². The van der Waals surface area contributed by atoms with Crippen LogP contribution in [0.15, 0.2) is 42.5 Å². The van der Waals surface area contributed by atoms with E-state index in [9.17, 15) is 19.5 Å². The van der Waals surface area contributed by atoms with E-state index in [1.54, 1.807) is 30.3 Å². The van der Waals surface area contributed by atoms with Gasteiger partial charge in [-0.25, -0.2) is 14.4 Å². The van der Waals surface area contributed by atoms with E-state index >= 15 is 0 Å². The van der Waals surface area contributed by atoms with E-state index in [1.165, 1.54) is 0 Å². The number of rotatable bonds is 3. The lowest BCUT2D eigenvalue weighted by atomic mass is 9.98. The molecule has 114 valence electrons. The van der Waals surface area contributed by atoms with Crippen molar-refractivity contribution in [2.75, 3.05) is 0 Å². The van der Waals surface area contributed by atoms with E-state index in [-0.39, 0.29) is 16.9 Å². The van der Waals surface area contributed by atoms with Crippen LogP contribution in [0.4, 0.5) is 0 Å². The normalized spacial score (nSPS) is 14.4. The number of ether oxygens (including phenoxy) is 1. The van der Waals surface area contributed by atoms with Gasteiger partial charge in [0.15, 0.2) is 0 Å². The number of carbonyl (C=O) groups excluding carboxylic acids is 1. The Morgan fingerprint density at radius 3 is 2.04 bits per heavy atom. The summed E-state index contributed by atoms with van der Waals surface area (Å²) in [5.74, 6) is -3.32. The van der Waals surface area contributed by atoms with E-state index in [0.717, 1.165) is 17.7 Å². The summed E-state index contributed by atoms with van der Waals surface area (Å²) >= 11 is 0. The summed E-state index contributed by atoms with van der Waals surface area (Å²) in [6.07, 6.45) is 1.59. The third-order valence-corrected chi connectivity index (χ3v) is 3.40. The SMILES string of the molecule is O=C(O)c1cc2c(cc1C(=O)O)/C(=C/c1ccccc1)OC2=O. The fourth-order valence-electron chi connectivity index (χ4n) is 2.34. The van der Waals surface area contributed by atoms with Gasteiger partial charge in [0, 0.05) is 5.56 Å². The van der Waals surface area contributed by atoms with Crippen LogP contribution in [-0.2, 0) is 4.74 Å². The maximum absolute atomic E-state index is 11.9. The lowest BCUT2D eigenvalue weighted by Crippen LogP contribution is -2.10. The summed E-state index contributed by atoms with van der Waals surface area (Å²) in [5.41, 5.74) is 0.223. The van der Waals surface area contributed by atoms with E-state index in [0.29, 0.717) is 0 Å². The Morgan fingerprint density at radius 1 is 0.913 bits per heavy atom. The first kappa shape index (κ1) is 14.5. The van der Waals surface area contributed by atoms with Crippen molar-refractivity contribution in [2.24, 2.45) is 0 Å². The third kappa shape index (κ3) is 2.57. The zero-order valence-corrected chi connectivity index (χ0v) is 11.6. The molecule has 1 aliphatic heterocycles. The molecule has 1 aliphatic rings. The third-order valence-electron chi connectivity index (χ3n) is 3.40. The van der Waals surface area contributed by atoms with E-state index in [2.05, 4.69) is 0 Å². The first-order valence-corrected chi connectivity index (χ1v) is 6.61. The van der Waals surface area contributed by atoms with Crippen LogP contribution in [0.2, 0.25) is 0 Å². The molecule has 2 aromatic rings. The molecule has 0 fully saturated rings. The summed E-state index contributed by atoms with van der Waals surface area (Å²) < 4.78 is 5.14. The van der Waals surface area contributed by atoms with Crippen molar-refractivity contribution in [3.8, 4) is 0 Å². The Labute approximate surface area is 130 Å². The van der Waals surface area contributed by atoms with Gasteiger partial charge in [-0.15, -0.1) is 0 Å². The summed E-state index contributed by atoms with van der Waals surface area (Å²) in [7, 11) is 0. The van der Waals surface area contributed by atoms with Crippen molar-refractivity contribution < 1.29 is 29.3 Å². The zero-order valence-electron chi connectivity index (χ0n) is 11.6. The van der Waals surface area contributed by atoms with Gasteiger partial charge in [0.25, 0.3) is 0 Å². The average molecular weight is 310 g/mol. The van der Waals surface area contributed by atoms with Crippen molar-refractivity contribution in [2.45, 2.75) is 0 Å². The molecule has 0 bridgehead atoms. The maximum atomic E-state index is 11.9. The Kier molecular flexibility index (Phi) is 3.42.